The molecule has 1 saturated heterocycles. The van der Waals surface area contributed by atoms with Gasteiger partial charge in [0, 0.05) is 18.0 Å². The summed E-state index contributed by atoms with van der Waals surface area (Å²) in [6.45, 7) is 5.98. The number of amides is 1. The highest BCUT2D eigenvalue weighted by Gasteiger charge is 2.21. The van der Waals surface area contributed by atoms with E-state index < -0.39 is 0 Å². The minimum atomic E-state index is 0.225. The minimum absolute atomic E-state index is 0.225. The lowest BCUT2D eigenvalue weighted by Gasteiger charge is -2.20. The molecular formula is C14H23N3OS. The van der Waals surface area contributed by atoms with Crippen LogP contribution in [0.15, 0.2) is 0 Å². The highest BCUT2D eigenvalue weighted by atomic mass is 32.1. The van der Waals surface area contributed by atoms with Gasteiger partial charge in [-0.15, -0.1) is 11.3 Å². The van der Waals surface area contributed by atoms with Gasteiger partial charge in [0.1, 0.15) is 0 Å². The SMILES string of the molecule is CCC1CCCN(C(=O)Cc2sc(N)nc2C)CC1. The van der Waals surface area contributed by atoms with E-state index in [9.17, 15) is 4.79 Å². The second kappa shape index (κ2) is 6.37. The van der Waals surface area contributed by atoms with E-state index in [0.29, 0.717) is 11.6 Å². The Balaban J connectivity index is 1.94. The molecule has 0 aromatic carbocycles. The number of thiazole rings is 1. The Labute approximate surface area is 119 Å². The van der Waals surface area contributed by atoms with Gasteiger partial charge in [0.2, 0.25) is 5.91 Å². The fourth-order valence-electron chi connectivity index (χ4n) is 2.69. The van der Waals surface area contributed by atoms with Crippen molar-refractivity contribution in [2.24, 2.45) is 5.92 Å². The number of likely N-dealkylation sites (tertiary alicyclic amines) is 1. The molecule has 0 bridgehead atoms. The first kappa shape index (κ1) is 14.3. The predicted octanol–water partition coefficient (Wildman–Crippen LogP) is 2.61. The lowest BCUT2D eigenvalue weighted by atomic mass is 9.98. The van der Waals surface area contributed by atoms with E-state index in [1.165, 1.54) is 24.2 Å². The van der Waals surface area contributed by atoms with Crippen LogP contribution in [0.3, 0.4) is 0 Å². The maximum atomic E-state index is 12.3. The fraction of sp³-hybridized carbons (Fsp3) is 0.714. The summed E-state index contributed by atoms with van der Waals surface area (Å²) >= 11 is 1.44. The van der Waals surface area contributed by atoms with Crippen LogP contribution in [0.4, 0.5) is 5.13 Å². The zero-order valence-electron chi connectivity index (χ0n) is 11.8. The molecule has 2 N–H and O–H groups in total. The normalized spacial score (nSPS) is 20.3. The van der Waals surface area contributed by atoms with Crippen molar-refractivity contribution in [3.8, 4) is 0 Å². The molecule has 1 aliphatic rings. The molecule has 0 aliphatic carbocycles. The summed E-state index contributed by atoms with van der Waals surface area (Å²) in [4.78, 5) is 19.6. The maximum absolute atomic E-state index is 12.3. The van der Waals surface area contributed by atoms with Crippen LogP contribution in [0.25, 0.3) is 0 Å². The van der Waals surface area contributed by atoms with Crippen molar-refractivity contribution >= 4 is 22.4 Å². The van der Waals surface area contributed by atoms with Gasteiger partial charge in [0.15, 0.2) is 5.13 Å². The fourth-order valence-corrected chi connectivity index (χ4v) is 3.51. The molecule has 1 aromatic rings. The first-order chi connectivity index (χ1) is 9.10. The van der Waals surface area contributed by atoms with Crippen molar-refractivity contribution in [2.75, 3.05) is 18.8 Å². The highest BCUT2D eigenvalue weighted by molar-refractivity contribution is 7.15. The van der Waals surface area contributed by atoms with Crippen LogP contribution in [-0.2, 0) is 11.2 Å². The average Bonchev–Trinajstić information content (AvgIpc) is 2.59. The zero-order valence-corrected chi connectivity index (χ0v) is 12.6. The number of aromatic nitrogens is 1. The van der Waals surface area contributed by atoms with Gasteiger partial charge in [-0.25, -0.2) is 4.98 Å². The van der Waals surface area contributed by atoms with Gasteiger partial charge in [-0.2, -0.15) is 0 Å². The Hall–Kier alpha value is -1.10. The molecule has 2 rings (SSSR count). The Morgan fingerprint density at radius 2 is 2.26 bits per heavy atom. The first-order valence-electron chi connectivity index (χ1n) is 7.09. The summed E-state index contributed by atoms with van der Waals surface area (Å²) in [5.74, 6) is 1.02. The number of rotatable bonds is 3. The lowest BCUT2D eigenvalue weighted by molar-refractivity contribution is -0.130. The molecule has 1 fully saturated rings. The minimum Gasteiger partial charge on any atom is -0.375 e. The van der Waals surface area contributed by atoms with Crippen molar-refractivity contribution in [2.45, 2.75) is 46.0 Å². The van der Waals surface area contributed by atoms with Crippen LogP contribution < -0.4 is 5.73 Å². The molecule has 0 radical (unpaired) electrons. The predicted molar refractivity (Wildman–Crippen MR) is 79.2 cm³/mol. The molecule has 19 heavy (non-hydrogen) atoms. The third kappa shape index (κ3) is 3.69. The topological polar surface area (TPSA) is 59.2 Å². The summed E-state index contributed by atoms with van der Waals surface area (Å²) in [6, 6.07) is 0. The molecule has 1 amide bonds. The van der Waals surface area contributed by atoms with Gasteiger partial charge >= 0.3 is 0 Å². The van der Waals surface area contributed by atoms with E-state index in [0.717, 1.165) is 42.4 Å². The monoisotopic (exact) mass is 281 g/mol. The Morgan fingerprint density at radius 3 is 2.89 bits per heavy atom. The van der Waals surface area contributed by atoms with Crippen molar-refractivity contribution in [1.29, 1.82) is 0 Å². The van der Waals surface area contributed by atoms with E-state index in [1.807, 2.05) is 11.8 Å². The molecule has 1 aromatic heterocycles. The van der Waals surface area contributed by atoms with Crippen LogP contribution in [0.5, 0.6) is 0 Å². The number of nitrogen functional groups attached to an aromatic ring is 1. The van der Waals surface area contributed by atoms with Gasteiger partial charge in [0.05, 0.1) is 12.1 Å². The molecular weight excluding hydrogens is 258 g/mol. The van der Waals surface area contributed by atoms with Crippen molar-refractivity contribution in [1.82, 2.24) is 9.88 Å². The van der Waals surface area contributed by atoms with Crippen molar-refractivity contribution in [3.05, 3.63) is 10.6 Å². The van der Waals surface area contributed by atoms with Crippen LogP contribution in [-0.4, -0.2) is 28.9 Å². The molecule has 1 aliphatic heterocycles. The van der Waals surface area contributed by atoms with Gasteiger partial charge in [-0.05, 0) is 32.1 Å². The number of nitrogens with two attached hydrogens (primary N) is 1. The Bertz CT molecular complexity index is 444. The smallest absolute Gasteiger partial charge is 0.227 e. The first-order valence-corrected chi connectivity index (χ1v) is 7.91. The second-order valence-corrected chi connectivity index (χ2v) is 6.44. The number of hydrogen-bond donors (Lipinski definition) is 1. The molecule has 0 saturated carbocycles. The largest absolute Gasteiger partial charge is 0.375 e. The molecule has 2 heterocycles. The van der Waals surface area contributed by atoms with E-state index in [-0.39, 0.29) is 5.91 Å². The number of anilines is 1. The Kier molecular flexibility index (Phi) is 4.80. The Morgan fingerprint density at radius 1 is 1.47 bits per heavy atom. The third-order valence-corrected chi connectivity index (χ3v) is 4.99. The molecule has 1 atom stereocenters. The maximum Gasteiger partial charge on any atom is 0.227 e. The van der Waals surface area contributed by atoms with Crippen molar-refractivity contribution in [3.63, 3.8) is 0 Å². The number of hydrogen-bond acceptors (Lipinski definition) is 4. The summed E-state index contributed by atoms with van der Waals surface area (Å²) in [5.41, 5.74) is 6.58. The van der Waals surface area contributed by atoms with E-state index in [4.69, 9.17) is 5.73 Å². The molecule has 1 unspecified atom stereocenters. The van der Waals surface area contributed by atoms with Crippen LogP contribution in [0, 0.1) is 12.8 Å². The quantitative estimate of drug-likeness (QED) is 0.926. The third-order valence-electron chi connectivity index (χ3n) is 4.00. The second-order valence-electron chi connectivity index (χ2n) is 5.32. The molecule has 4 nitrogen and oxygen atoms in total. The number of carbonyl (C=O) groups excluding carboxylic acids is 1. The lowest BCUT2D eigenvalue weighted by Crippen LogP contribution is -2.33. The van der Waals surface area contributed by atoms with Gasteiger partial charge in [-0.1, -0.05) is 13.3 Å². The summed E-state index contributed by atoms with van der Waals surface area (Å²) < 4.78 is 0. The molecule has 106 valence electrons. The highest BCUT2D eigenvalue weighted by Crippen LogP contribution is 2.23. The van der Waals surface area contributed by atoms with Crippen LogP contribution in [0.2, 0.25) is 0 Å². The van der Waals surface area contributed by atoms with Crippen LogP contribution >= 0.6 is 11.3 Å². The summed E-state index contributed by atoms with van der Waals surface area (Å²) in [5, 5.41) is 0.558. The van der Waals surface area contributed by atoms with E-state index in [1.54, 1.807) is 0 Å². The summed E-state index contributed by atoms with van der Waals surface area (Å²) in [6.07, 6.45) is 5.22. The van der Waals surface area contributed by atoms with Crippen molar-refractivity contribution < 1.29 is 4.79 Å². The van der Waals surface area contributed by atoms with Gasteiger partial charge in [0.25, 0.3) is 0 Å². The molecule has 0 spiro atoms. The number of nitrogens with zero attached hydrogens (tertiary/aromatic N) is 2. The van der Waals surface area contributed by atoms with E-state index >= 15 is 0 Å². The zero-order chi connectivity index (χ0) is 13.8. The standard InChI is InChI=1S/C14H23N3OS/c1-3-11-5-4-7-17(8-6-11)13(18)9-12-10(2)16-14(15)19-12/h11H,3-9H2,1-2H3,(H2,15,16). The molecule has 5 heteroatoms. The average molecular weight is 281 g/mol. The van der Waals surface area contributed by atoms with Gasteiger partial charge in [-0.3, -0.25) is 4.79 Å². The van der Waals surface area contributed by atoms with Crippen LogP contribution in [0.1, 0.15) is 43.2 Å². The van der Waals surface area contributed by atoms with Gasteiger partial charge < -0.3 is 10.6 Å². The summed E-state index contributed by atoms with van der Waals surface area (Å²) in [7, 11) is 0. The number of carbonyl (C=O) groups is 1. The number of aryl methyl sites for hydroxylation is 1. The van der Waals surface area contributed by atoms with E-state index in [2.05, 4.69) is 11.9 Å².